The first kappa shape index (κ1) is 16.8. The minimum atomic E-state index is -0.165. The van der Waals surface area contributed by atoms with Crippen molar-refractivity contribution in [2.75, 3.05) is 7.11 Å². The predicted octanol–water partition coefficient (Wildman–Crippen LogP) is 2.91. The Morgan fingerprint density at radius 3 is 2.74 bits per heavy atom. The van der Waals surface area contributed by atoms with Crippen LogP contribution in [0.4, 0.5) is 4.79 Å². The summed E-state index contributed by atoms with van der Waals surface area (Å²) >= 11 is 0. The average molecular weight is 313 g/mol. The van der Waals surface area contributed by atoms with Crippen LogP contribution in [-0.4, -0.2) is 24.2 Å². The zero-order valence-electron chi connectivity index (χ0n) is 13.6. The molecular weight excluding hydrogens is 290 g/mol. The van der Waals surface area contributed by atoms with Gasteiger partial charge in [0, 0.05) is 24.8 Å². The first-order valence-electron chi connectivity index (χ1n) is 7.74. The zero-order chi connectivity index (χ0) is 16.5. The fourth-order valence-electron chi connectivity index (χ4n) is 2.23. The van der Waals surface area contributed by atoms with Crippen molar-refractivity contribution < 1.29 is 9.53 Å². The third-order valence-electron chi connectivity index (χ3n) is 3.55. The molecule has 5 heteroatoms. The van der Waals surface area contributed by atoms with E-state index in [1.54, 1.807) is 19.4 Å². The van der Waals surface area contributed by atoms with Gasteiger partial charge >= 0.3 is 6.03 Å². The zero-order valence-corrected chi connectivity index (χ0v) is 13.6. The number of methoxy groups -OCH3 is 1. The van der Waals surface area contributed by atoms with E-state index in [0.717, 1.165) is 18.4 Å². The quantitative estimate of drug-likeness (QED) is 0.826. The van der Waals surface area contributed by atoms with E-state index in [0.29, 0.717) is 12.4 Å². The van der Waals surface area contributed by atoms with Crippen LogP contribution in [0.25, 0.3) is 0 Å². The van der Waals surface area contributed by atoms with E-state index >= 15 is 0 Å². The highest BCUT2D eigenvalue weighted by atomic mass is 16.5. The SMILES string of the molecule is COc1cc(CNC(=O)N[C@@H](C)CCc2ccccc2)ccn1. The minimum absolute atomic E-state index is 0.113. The second-order valence-electron chi connectivity index (χ2n) is 5.46. The number of pyridine rings is 1. The molecule has 0 bridgehead atoms. The van der Waals surface area contributed by atoms with Crippen LogP contribution in [0.1, 0.15) is 24.5 Å². The Labute approximate surface area is 137 Å². The lowest BCUT2D eigenvalue weighted by atomic mass is 10.1. The maximum atomic E-state index is 11.9. The maximum Gasteiger partial charge on any atom is 0.315 e. The van der Waals surface area contributed by atoms with Crippen LogP contribution in [0.2, 0.25) is 0 Å². The van der Waals surface area contributed by atoms with Gasteiger partial charge in [0.2, 0.25) is 5.88 Å². The molecule has 2 amide bonds. The Morgan fingerprint density at radius 1 is 1.22 bits per heavy atom. The van der Waals surface area contributed by atoms with Gasteiger partial charge in [0.15, 0.2) is 0 Å². The van der Waals surface area contributed by atoms with E-state index in [1.807, 2.05) is 31.2 Å². The van der Waals surface area contributed by atoms with Crippen LogP contribution >= 0.6 is 0 Å². The maximum absolute atomic E-state index is 11.9. The molecule has 1 heterocycles. The van der Waals surface area contributed by atoms with Gasteiger partial charge in [-0.15, -0.1) is 0 Å². The summed E-state index contributed by atoms with van der Waals surface area (Å²) in [7, 11) is 1.57. The van der Waals surface area contributed by atoms with Crippen molar-refractivity contribution >= 4 is 6.03 Å². The highest BCUT2D eigenvalue weighted by Gasteiger charge is 2.07. The third kappa shape index (κ3) is 5.98. The van der Waals surface area contributed by atoms with Gasteiger partial charge in [-0.3, -0.25) is 0 Å². The Balaban J connectivity index is 1.71. The molecule has 23 heavy (non-hydrogen) atoms. The molecule has 1 atom stereocenters. The topological polar surface area (TPSA) is 63.2 Å². The van der Waals surface area contributed by atoms with Gasteiger partial charge in [0.25, 0.3) is 0 Å². The fraction of sp³-hybridized carbons (Fsp3) is 0.333. The summed E-state index contributed by atoms with van der Waals surface area (Å²) in [5.74, 6) is 0.543. The van der Waals surface area contributed by atoms with Gasteiger partial charge in [-0.05, 0) is 37.0 Å². The van der Waals surface area contributed by atoms with Crippen LogP contribution in [0, 0.1) is 0 Å². The highest BCUT2D eigenvalue weighted by Crippen LogP contribution is 2.08. The molecule has 2 aromatic rings. The number of aryl methyl sites for hydroxylation is 1. The molecular formula is C18H23N3O2. The summed E-state index contributed by atoms with van der Waals surface area (Å²) in [5.41, 5.74) is 2.23. The number of benzene rings is 1. The Kier molecular flexibility index (Phi) is 6.41. The number of rotatable bonds is 7. The monoisotopic (exact) mass is 313 g/mol. The number of hydrogen-bond acceptors (Lipinski definition) is 3. The lowest BCUT2D eigenvalue weighted by Crippen LogP contribution is -2.40. The molecule has 1 aromatic carbocycles. The number of ether oxygens (including phenoxy) is 1. The number of amides is 2. The van der Waals surface area contributed by atoms with E-state index in [9.17, 15) is 4.79 Å². The van der Waals surface area contributed by atoms with Gasteiger partial charge in [-0.25, -0.2) is 9.78 Å². The first-order valence-corrected chi connectivity index (χ1v) is 7.74. The van der Waals surface area contributed by atoms with Crippen LogP contribution < -0.4 is 15.4 Å². The van der Waals surface area contributed by atoms with Crippen molar-refractivity contribution in [2.45, 2.75) is 32.4 Å². The normalized spacial score (nSPS) is 11.6. The molecule has 5 nitrogen and oxygen atoms in total. The summed E-state index contributed by atoms with van der Waals surface area (Å²) in [5, 5.41) is 5.80. The molecule has 0 aliphatic carbocycles. The van der Waals surface area contributed by atoms with E-state index in [4.69, 9.17) is 4.74 Å². The molecule has 0 radical (unpaired) electrons. The van der Waals surface area contributed by atoms with Gasteiger partial charge < -0.3 is 15.4 Å². The molecule has 0 unspecified atom stereocenters. The number of aromatic nitrogens is 1. The van der Waals surface area contributed by atoms with Gasteiger partial charge in [-0.2, -0.15) is 0 Å². The molecule has 1 aromatic heterocycles. The van der Waals surface area contributed by atoms with Crippen LogP contribution in [0.3, 0.4) is 0 Å². The number of carbonyl (C=O) groups excluding carboxylic acids is 1. The molecule has 0 spiro atoms. The number of urea groups is 1. The second kappa shape index (κ2) is 8.78. The summed E-state index contributed by atoms with van der Waals surface area (Å²) in [6, 6.07) is 13.9. The average Bonchev–Trinajstić information content (AvgIpc) is 2.59. The fourth-order valence-corrected chi connectivity index (χ4v) is 2.23. The van der Waals surface area contributed by atoms with E-state index in [1.165, 1.54) is 5.56 Å². The number of nitrogens with zero attached hydrogens (tertiary/aromatic N) is 1. The first-order chi connectivity index (χ1) is 11.2. The van der Waals surface area contributed by atoms with Crippen molar-refractivity contribution in [3.8, 4) is 5.88 Å². The van der Waals surface area contributed by atoms with Crippen molar-refractivity contribution in [3.05, 3.63) is 59.8 Å². The summed E-state index contributed by atoms with van der Waals surface area (Å²) in [4.78, 5) is 16.0. The molecule has 0 saturated carbocycles. The lowest BCUT2D eigenvalue weighted by Gasteiger charge is -2.15. The second-order valence-corrected chi connectivity index (χ2v) is 5.46. The number of hydrogen-bond donors (Lipinski definition) is 2. The third-order valence-corrected chi connectivity index (χ3v) is 3.55. The van der Waals surface area contributed by atoms with Crippen LogP contribution in [0.15, 0.2) is 48.7 Å². The Bertz CT molecular complexity index is 617. The van der Waals surface area contributed by atoms with Crippen LogP contribution in [0.5, 0.6) is 5.88 Å². The molecule has 2 N–H and O–H groups in total. The molecule has 2 rings (SSSR count). The van der Waals surface area contributed by atoms with E-state index < -0.39 is 0 Å². The highest BCUT2D eigenvalue weighted by molar-refractivity contribution is 5.74. The van der Waals surface area contributed by atoms with E-state index in [2.05, 4.69) is 27.8 Å². The predicted molar refractivity (Wildman–Crippen MR) is 90.4 cm³/mol. The van der Waals surface area contributed by atoms with Gasteiger partial charge in [0.05, 0.1) is 7.11 Å². The Hall–Kier alpha value is -2.56. The minimum Gasteiger partial charge on any atom is -0.481 e. The molecule has 0 saturated heterocycles. The summed E-state index contributed by atoms with van der Waals surface area (Å²) in [6.07, 6.45) is 3.51. The standard InChI is InChI=1S/C18H23N3O2/c1-14(8-9-15-6-4-3-5-7-15)21-18(22)20-13-16-10-11-19-17(12-16)23-2/h3-7,10-12,14H,8-9,13H2,1-2H3,(H2,20,21,22)/t14-/m0/s1. The molecule has 0 aliphatic heterocycles. The van der Waals surface area contributed by atoms with Gasteiger partial charge in [-0.1, -0.05) is 30.3 Å². The smallest absolute Gasteiger partial charge is 0.315 e. The molecule has 0 fully saturated rings. The summed E-state index contributed by atoms with van der Waals surface area (Å²) < 4.78 is 5.06. The Morgan fingerprint density at radius 2 is 2.00 bits per heavy atom. The van der Waals surface area contributed by atoms with Gasteiger partial charge in [0.1, 0.15) is 0 Å². The van der Waals surface area contributed by atoms with Crippen molar-refractivity contribution in [1.82, 2.24) is 15.6 Å². The molecule has 122 valence electrons. The largest absolute Gasteiger partial charge is 0.481 e. The van der Waals surface area contributed by atoms with Crippen molar-refractivity contribution in [2.24, 2.45) is 0 Å². The van der Waals surface area contributed by atoms with E-state index in [-0.39, 0.29) is 12.1 Å². The number of nitrogens with one attached hydrogen (secondary N) is 2. The lowest BCUT2D eigenvalue weighted by molar-refractivity contribution is 0.236. The number of carbonyl (C=O) groups is 1. The van der Waals surface area contributed by atoms with Crippen molar-refractivity contribution in [3.63, 3.8) is 0 Å². The van der Waals surface area contributed by atoms with Crippen molar-refractivity contribution in [1.29, 1.82) is 0 Å². The summed E-state index contributed by atoms with van der Waals surface area (Å²) in [6.45, 7) is 2.45. The van der Waals surface area contributed by atoms with Crippen LogP contribution in [-0.2, 0) is 13.0 Å². The molecule has 0 aliphatic rings.